The van der Waals surface area contributed by atoms with E-state index in [0.29, 0.717) is 27.9 Å². The molecule has 4 aromatic rings. The standard InChI is InChI=1S/C28H28ClF3N6O4S2/c1-27(8-9-27)17-42-25-21(16-33-38(26(25)39)19-5-3-4-18(29)14-19)36-10-12-37(13-11-36)44(40,41)24-7-6-22(43-24)20-15-23(28(30,31)32)35(2)34-20/h3-7,14-16H,8-13,17H2,1-2H3. The monoisotopic (exact) mass is 668 g/mol. The van der Waals surface area contributed by atoms with Crippen molar-refractivity contribution in [3.63, 3.8) is 0 Å². The number of aromatic nitrogens is 4. The Balaban J connectivity index is 1.21. The summed E-state index contributed by atoms with van der Waals surface area (Å²) >= 11 is 7.01. The van der Waals surface area contributed by atoms with E-state index in [1.165, 1.54) is 28.2 Å². The molecular formula is C28H28ClF3N6O4S2. The number of halogens is 4. The van der Waals surface area contributed by atoms with Crippen molar-refractivity contribution in [2.75, 3.05) is 37.7 Å². The maximum Gasteiger partial charge on any atom is 0.433 e. The number of nitrogens with zero attached hydrogens (tertiary/aromatic N) is 6. The molecule has 4 heterocycles. The SMILES string of the molecule is Cn1nc(-c2ccc(S(=O)(=O)N3CCN(c4cnn(-c5cccc(Cl)c5)c(=O)c4OCC4(C)CC4)CC3)s2)cc1C(F)(F)F. The Bertz CT molecular complexity index is 1880. The summed E-state index contributed by atoms with van der Waals surface area (Å²) in [5, 5.41) is 8.74. The molecule has 44 heavy (non-hydrogen) atoms. The lowest BCUT2D eigenvalue weighted by molar-refractivity contribution is -0.143. The van der Waals surface area contributed by atoms with Crippen LogP contribution >= 0.6 is 22.9 Å². The largest absolute Gasteiger partial charge is 0.486 e. The van der Waals surface area contributed by atoms with Crippen LogP contribution in [0.15, 0.2) is 57.7 Å². The van der Waals surface area contributed by atoms with Gasteiger partial charge in [-0.2, -0.15) is 32.4 Å². The number of anilines is 1. The minimum Gasteiger partial charge on any atom is -0.486 e. The molecule has 0 radical (unpaired) electrons. The number of thiophene rings is 1. The highest BCUT2D eigenvalue weighted by atomic mass is 35.5. The fourth-order valence-electron chi connectivity index (χ4n) is 4.93. The van der Waals surface area contributed by atoms with Gasteiger partial charge in [0.2, 0.25) is 5.75 Å². The minimum atomic E-state index is -4.58. The molecule has 6 rings (SSSR count). The second-order valence-electron chi connectivity index (χ2n) is 11.2. The lowest BCUT2D eigenvalue weighted by atomic mass is 10.2. The Hall–Kier alpha value is -3.40. The van der Waals surface area contributed by atoms with Gasteiger partial charge < -0.3 is 9.64 Å². The summed E-state index contributed by atoms with van der Waals surface area (Å²) in [6.07, 6.45) is -1.03. The second-order valence-corrected chi connectivity index (χ2v) is 14.9. The summed E-state index contributed by atoms with van der Waals surface area (Å²) in [6.45, 7) is 3.22. The van der Waals surface area contributed by atoms with Crippen LogP contribution in [-0.2, 0) is 23.2 Å². The van der Waals surface area contributed by atoms with Crippen molar-refractivity contribution in [2.24, 2.45) is 12.5 Å². The van der Waals surface area contributed by atoms with Crippen LogP contribution in [0.25, 0.3) is 16.3 Å². The first-order chi connectivity index (χ1) is 20.7. The van der Waals surface area contributed by atoms with E-state index >= 15 is 0 Å². The van der Waals surface area contributed by atoms with E-state index in [2.05, 4.69) is 17.1 Å². The normalized spacial score (nSPS) is 17.2. The Labute approximate surface area is 260 Å². The Kier molecular flexibility index (Phi) is 7.79. The van der Waals surface area contributed by atoms with E-state index in [1.807, 2.05) is 4.90 Å². The van der Waals surface area contributed by atoms with Crippen molar-refractivity contribution in [2.45, 2.75) is 30.2 Å². The van der Waals surface area contributed by atoms with E-state index in [-0.39, 0.29) is 47.2 Å². The summed E-state index contributed by atoms with van der Waals surface area (Å²) < 4.78 is 76.1. The molecule has 16 heteroatoms. The van der Waals surface area contributed by atoms with E-state index in [0.717, 1.165) is 34.9 Å². The van der Waals surface area contributed by atoms with Gasteiger partial charge in [-0.25, -0.2) is 8.42 Å². The summed E-state index contributed by atoms with van der Waals surface area (Å²) in [4.78, 5) is 15.8. The molecule has 0 N–H and O–H groups in total. The van der Waals surface area contributed by atoms with Gasteiger partial charge in [0.05, 0.1) is 23.4 Å². The zero-order valence-electron chi connectivity index (χ0n) is 23.7. The minimum absolute atomic E-state index is 0.00375. The van der Waals surface area contributed by atoms with Crippen molar-refractivity contribution in [3.05, 3.63) is 69.7 Å². The highest BCUT2D eigenvalue weighted by Crippen LogP contribution is 2.45. The van der Waals surface area contributed by atoms with Crippen LogP contribution in [0.2, 0.25) is 5.02 Å². The third-order valence-electron chi connectivity index (χ3n) is 7.81. The molecule has 1 saturated carbocycles. The molecule has 0 spiro atoms. The van der Waals surface area contributed by atoms with Gasteiger partial charge in [-0.1, -0.05) is 24.6 Å². The number of hydrogen-bond acceptors (Lipinski definition) is 8. The fraction of sp³-hybridized carbons (Fsp3) is 0.393. The molecule has 10 nitrogen and oxygen atoms in total. The molecule has 0 atom stereocenters. The lowest BCUT2D eigenvalue weighted by Crippen LogP contribution is -2.49. The van der Waals surface area contributed by atoms with Crippen molar-refractivity contribution < 1.29 is 26.3 Å². The molecule has 0 unspecified atom stereocenters. The topological polar surface area (TPSA) is 103 Å². The van der Waals surface area contributed by atoms with Crippen molar-refractivity contribution >= 4 is 38.6 Å². The molecule has 2 fully saturated rings. The number of alkyl halides is 3. The van der Waals surface area contributed by atoms with E-state index in [1.54, 1.807) is 30.5 Å². The van der Waals surface area contributed by atoms with Crippen LogP contribution in [0, 0.1) is 5.41 Å². The predicted molar refractivity (Wildman–Crippen MR) is 160 cm³/mol. The summed E-state index contributed by atoms with van der Waals surface area (Å²) in [5.74, 6) is 0.140. The summed E-state index contributed by atoms with van der Waals surface area (Å²) in [7, 11) is -2.74. The van der Waals surface area contributed by atoms with E-state index in [9.17, 15) is 26.4 Å². The predicted octanol–water partition coefficient (Wildman–Crippen LogP) is 5.06. The molecule has 2 aliphatic rings. The molecule has 3 aromatic heterocycles. The number of piperazine rings is 1. The summed E-state index contributed by atoms with van der Waals surface area (Å²) in [6, 6.07) is 10.5. The van der Waals surface area contributed by atoms with Gasteiger partial charge in [0, 0.05) is 43.7 Å². The highest BCUT2D eigenvalue weighted by molar-refractivity contribution is 7.91. The van der Waals surface area contributed by atoms with Gasteiger partial charge >= 0.3 is 11.7 Å². The molecular weight excluding hydrogens is 641 g/mol. The fourth-order valence-corrected chi connectivity index (χ4v) is 7.96. The van der Waals surface area contributed by atoms with E-state index < -0.39 is 27.5 Å². The molecule has 1 aliphatic carbocycles. The molecule has 0 bridgehead atoms. The smallest absolute Gasteiger partial charge is 0.433 e. The zero-order chi connectivity index (χ0) is 31.4. The Morgan fingerprint density at radius 3 is 2.45 bits per heavy atom. The Morgan fingerprint density at radius 2 is 1.82 bits per heavy atom. The molecule has 1 aromatic carbocycles. The number of benzene rings is 1. The summed E-state index contributed by atoms with van der Waals surface area (Å²) in [5.41, 5.74) is -0.358. The van der Waals surface area contributed by atoms with Gasteiger partial charge in [0.25, 0.3) is 10.0 Å². The number of aryl methyl sites for hydroxylation is 1. The van der Waals surface area contributed by atoms with Crippen LogP contribution in [0.5, 0.6) is 5.75 Å². The average Bonchev–Trinajstić information content (AvgIpc) is 3.32. The number of hydrogen-bond donors (Lipinski definition) is 0. The van der Waals surface area contributed by atoms with Crippen molar-refractivity contribution in [1.29, 1.82) is 0 Å². The van der Waals surface area contributed by atoms with Crippen molar-refractivity contribution in [3.8, 4) is 22.0 Å². The maximum atomic E-state index is 13.6. The average molecular weight is 669 g/mol. The van der Waals surface area contributed by atoms with Crippen LogP contribution < -0.4 is 15.2 Å². The number of sulfonamides is 1. The zero-order valence-corrected chi connectivity index (χ0v) is 26.1. The van der Waals surface area contributed by atoms with Gasteiger partial charge in [-0.05, 0) is 49.2 Å². The van der Waals surface area contributed by atoms with Crippen LogP contribution in [0.4, 0.5) is 18.9 Å². The van der Waals surface area contributed by atoms with E-state index in [4.69, 9.17) is 16.3 Å². The molecule has 1 saturated heterocycles. The molecule has 0 amide bonds. The van der Waals surface area contributed by atoms with Crippen LogP contribution in [0.1, 0.15) is 25.5 Å². The first kappa shape index (κ1) is 30.6. The molecule has 1 aliphatic heterocycles. The number of rotatable bonds is 8. The Morgan fingerprint density at radius 1 is 1.09 bits per heavy atom. The van der Waals surface area contributed by atoms with Gasteiger partial charge in [0.15, 0.2) is 0 Å². The molecule has 234 valence electrons. The van der Waals surface area contributed by atoms with Gasteiger partial charge in [0.1, 0.15) is 21.3 Å². The lowest BCUT2D eigenvalue weighted by Gasteiger charge is -2.35. The van der Waals surface area contributed by atoms with Crippen LogP contribution in [0.3, 0.4) is 0 Å². The third kappa shape index (κ3) is 5.97. The first-order valence-corrected chi connectivity index (χ1v) is 16.4. The van der Waals surface area contributed by atoms with Crippen LogP contribution in [-0.4, -0.2) is 65.1 Å². The number of ether oxygens (including phenoxy) is 1. The maximum absolute atomic E-state index is 13.6. The highest BCUT2D eigenvalue weighted by Gasteiger charge is 2.39. The first-order valence-electron chi connectivity index (χ1n) is 13.7. The van der Waals surface area contributed by atoms with Crippen molar-refractivity contribution in [1.82, 2.24) is 23.9 Å². The second kappa shape index (κ2) is 11.2. The van der Waals surface area contributed by atoms with Gasteiger partial charge in [-0.3, -0.25) is 9.48 Å². The van der Waals surface area contributed by atoms with Gasteiger partial charge in [-0.15, -0.1) is 11.3 Å². The quantitative estimate of drug-likeness (QED) is 0.259. The third-order valence-corrected chi connectivity index (χ3v) is 11.5.